The number of hydrogen-bond donors (Lipinski definition) is 1. The summed E-state index contributed by atoms with van der Waals surface area (Å²) in [5.41, 5.74) is 2.63. The van der Waals surface area contributed by atoms with Gasteiger partial charge in [-0.2, -0.15) is 0 Å². The van der Waals surface area contributed by atoms with E-state index in [0.29, 0.717) is 16.5 Å². The number of benzene rings is 4. The van der Waals surface area contributed by atoms with E-state index in [0.717, 1.165) is 39.3 Å². The highest BCUT2D eigenvalue weighted by Gasteiger charge is 2.13. The first-order chi connectivity index (χ1) is 15.0. The Hall–Kier alpha value is -3.76. The van der Waals surface area contributed by atoms with Crippen molar-refractivity contribution < 1.29 is 19.4 Å². The lowest BCUT2D eigenvalue weighted by molar-refractivity contribution is -0.131. The number of fused-ring (bicyclic) bond motifs is 1. The summed E-state index contributed by atoms with van der Waals surface area (Å²) >= 11 is 6.23. The fourth-order valence-electron chi connectivity index (χ4n) is 3.33. The molecule has 0 aliphatic heterocycles. The van der Waals surface area contributed by atoms with Crippen molar-refractivity contribution in [3.63, 3.8) is 0 Å². The van der Waals surface area contributed by atoms with Gasteiger partial charge in [-0.15, -0.1) is 0 Å². The van der Waals surface area contributed by atoms with Crippen LogP contribution in [0.3, 0.4) is 0 Å². The van der Waals surface area contributed by atoms with Crippen LogP contribution in [0.5, 0.6) is 17.2 Å². The number of hydrogen-bond acceptors (Lipinski definition) is 3. The minimum Gasteiger partial charge on any atom is -0.497 e. The summed E-state index contributed by atoms with van der Waals surface area (Å²) in [7, 11) is 1.64. The molecule has 1 N–H and O–H groups in total. The second-order valence-corrected chi connectivity index (χ2v) is 7.32. The molecule has 0 radical (unpaired) electrons. The summed E-state index contributed by atoms with van der Waals surface area (Å²) in [6, 6.07) is 24.7. The number of ether oxygens (including phenoxy) is 2. The fourth-order valence-corrected chi connectivity index (χ4v) is 3.52. The number of rotatable bonds is 6. The van der Waals surface area contributed by atoms with Gasteiger partial charge in [0.2, 0.25) is 0 Å². The van der Waals surface area contributed by atoms with Crippen LogP contribution in [-0.4, -0.2) is 18.2 Å². The van der Waals surface area contributed by atoms with Crippen LogP contribution >= 0.6 is 11.6 Å². The van der Waals surface area contributed by atoms with E-state index in [-0.39, 0.29) is 0 Å². The highest BCUT2D eigenvalue weighted by Crippen LogP contribution is 2.41. The monoisotopic (exact) mass is 430 g/mol. The van der Waals surface area contributed by atoms with Crippen LogP contribution in [0, 0.1) is 0 Å². The smallest absolute Gasteiger partial charge is 0.328 e. The first-order valence-electron chi connectivity index (χ1n) is 9.59. The lowest BCUT2D eigenvalue weighted by atomic mass is 9.99. The Morgan fingerprint density at radius 2 is 1.71 bits per heavy atom. The van der Waals surface area contributed by atoms with Gasteiger partial charge >= 0.3 is 5.97 Å². The maximum Gasteiger partial charge on any atom is 0.328 e. The molecule has 0 saturated carbocycles. The average molecular weight is 431 g/mol. The molecule has 0 spiro atoms. The van der Waals surface area contributed by atoms with E-state index in [1.807, 2.05) is 78.9 Å². The van der Waals surface area contributed by atoms with Crippen LogP contribution in [0.2, 0.25) is 5.02 Å². The van der Waals surface area contributed by atoms with Gasteiger partial charge in [0.1, 0.15) is 17.2 Å². The van der Waals surface area contributed by atoms with Crippen LogP contribution in [0.15, 0.2) is 84.9 Å². The first-order valence-corrected chi connectivity index (χ1v) is 9.97. The van der Waals surface area contributed by atoms with E-state index in [1.54, 1.807) is 7.11 Å². The molecule has 0 heterocycles. The summed E-state index contributed by atoms with van der Waals surface area (Å²) in [5, 5.41) is 11.4. The number of carboxylic acids is 1. The Balaban J connectivity index is 1.80. The molecule has 0 saturated heterocycles. The highest BCUT2D eigenvalue weighted by molar-refractivity contribution is 6.30. The lowest BCUT2D eigenvalue weighted by Gasteiger charge is -2.15. The number of carbonyl (C=O) groups is 1. The zero-order chi connectivity index (χ0) is 21.8. The summed E-state index contributed by atoms with van der Waals surface area (Å²) < 4.78 is 11.7. The molecule has 0 atom stereocenters. The van der Waals surface area contributed by atoms with Gasteiger partial charge in [-0.05, 0) is 71.1 Å². The van der Waals surface area contributed by atoms with E-state index in [4.69, 9.17) is 26.2 Å². The summed E-state index contributed by atoms with van der Waals surface area (Å²) in [6.45, 7) is 0. The van der Waals surface area contributed by atoms with E-state index in [1.165, 1.54) is 6.08 Å². The second-order valence-electron chi connectivity index (χ2n) is 6.88. The zero-order valence-electron chi connectivity index (χ0n) is 16.7. The number of aliphatic carboxylic acids is 1. The van der Waals surface area contributed by atoms with Gasteiger partial charge in [0.05, 0.1) is 7.11 Å². The van der Waals surface area contributed by atoms with Crippen molar-refractivity contribution in [2.24, 2.45) is 0 Å². The predicted octanol–water partition coefficient (Wildman–Crippen LogP) is 7.06. The third-order valence-electron chi connectivity index (χ3n) is 4.83. The largest absolute Gasteiger partial charge is 0.497 e. The Kier molecular flexibility index (Phi) is 5.92. The van der Waals surface area contributed by atoms with Crippen molar-refractivity contribution in [3.8, 4) is 28.4 Å². The average Bonchev–Trinajstić information content (AvgIpc) is 2.78. The number of methoxy groups -OCH3 is 1. The molecule has 4 rings (SSSR count). The SMILES string of the molecule is COc1ccc2c(Oc3ccc(/C=C/C(=O)O)cc3)c(-c3cccc(Cl)c3)ccc2c1. The maximum absolute atomic E-state index is 10.7. The number of halogens is 1. The first kappa shape index (κ1) is 20.5. The third-order valence-corrected chi connectivity index (χ3v) is 5.07. The van der Waals surface area contributed by atoms with Crippen molar-refractivity contribution in [1.82, 2.24) is 0 Å². The molecule has 0 bridgehead atoms. The van der Waals surface area contributed by atoms with Crippen LogP contribution in [-0.2, 0) is 4.79 Å². The van der Waals surface area contributed by atoms with E-state index < -0.39 is 5.97 Å². The van der Waals surface area contributed by atoms with Gasteiger partial charge in [-0.3, -0.25) is 0 Å². The van der Waals surface area contributed by atoms with Crippen LogP contribution in [0.1, 0.15) is 5.56 Å². The maximum atomic E-state index is 10.7. The molecule has 0 unspecified atom stereocenters. The normalized spacial score (nSPS) is 11.0. The molecule has 31 heavy (non-hydrogen) atoms. The van der Waals surface area contributed by atoms with Gasteiger partial charge in [0, 0.05) is 22.0 Å². The predicted molar refractivity (Wildman–Crippen MR) is 124 cm³/mol. The van der Waals surface area contributed by atoms with E-state index in [9.17, 15) is 4.79 Å². The summed E-state index contributed by atoms with van der Waals surface area (Å²) in [4.78, 5) is 10.7. The van der Waals surface area contributed by atoms with Crippen molar-refractivity contribution in [3.05, 3.63) is 95.5 Å². The van der Waals surface area contributed by atoms with Gasteiger partial charge in [0.25, 0.3) is 0 Å². The molecule has 0 aromatic heterocycles. The molecule has 5 heteroatoms. The molecule has 0 aliphatic rings. The molecule has 4 aromatic rings. The van der Waals surface area contributed by atoms with Gasteiger partial charge in [-0.25, -0.2) is 4.79 Å². The molecule has 4 aromatic carbocycles. The van der Waals surface area contributed by atoms with E-state index in [2.05, 4.69) is 0 Å². The number of carboxylic acid groups (broad SMARTS) is 1. The van der Waals surface area contributed by atoms with Gasteiger partial charge in [-0.1, -0.05) is 41.9 Å². The van der Waals surface area contributed by atoms with E-state index >= 15 is 0 Å². The quantitative estimate of drug-likeness (QED) is 0.333. The summed E-state index contributed by atoms with van der Waals surface area (Å²) in [5.74, 6) is 1.12. The molecular formula is C26H19ClO4. The van der Waals surface area contributed by atoms with Crippen molar-refractivity contribution in [2.45, 2.75) is 0 Å². The minimum atomic E-state index is -0.988. The standard InChI is InChI=1S/C26H19ClO4/c1-30-22-11-13-24-19(16-22)8-12-23(18-3-2-4-20(27)15-18)26(24)31-21-9-5-17(6-10-21)7-14-25(28)29/h2-16H,1H3,(H,28,29)/b14-7+. The minimum absolute atomic E-state index is 0.638. The molecule has 0 fully saturated rings. The lowest BCUT2D eigenvalue weighted by Crippen LogP contribution is -1.92. The van der Waals surface area contributed by atoms with Crippen molar-refractivity contribution in [1.29, 1.82) is 0 Å². The molecular weight excluding hydrogens is 412 g/mol. The molecule has 154 valence electrons. The van der Waals surface area contributed by atoms with Crippen LogP contribution in [0.25, 0.3) is 28.0 Å². The second kappa shape index (κ2) is 8.94. The zero-order valence-corrected chi connectivity index (χ0v) is 17.5. The highest BCUT2D eigenvalue weighted by atomic mass is 35.5. The van der Waals surface area contributed by atoms with Crippen molar-refractivity contribution in [2.75, 3.05) is 7.11 Å². The van der Waals surface area contributed by atoms with Crippen molar-refractivity contribution >= 4 is 34.4 Å². The molecule has 4 nitrogen and oxygen atoms in total. The Bertz CT molecular complexity index is 1280. The molecule has 0 amide bonds. The summed E-state index contributed by atoms with van der Waals surface area (Å²) in [6.07, 6.45) is 2.64. The van der Waals surface area contributed by atoms with Crippen LogP contribution < -0.4 is 9.47 Å². The molecule has 0 aliphatic carbocycles. The Morgan fingerprint density at radius 3 is 2.42 bits per heavy atom. The van der Waals surface area contributed by atoms with Gasteiger partial charge in [0.15, 0.2) is 0 Å². The topological polar surface area (TPSA) is 55.8 Å². The Labute approximate surface area is 184 Å². The Morgan fingerprint density at radius 1 is 0.935 bits per heavy atom. The van der Waals surface area contributed by atoms with Gasteiger partial charge < -0.3 is 14.6 Å². The third kappa shape index (κ3) is 4.71. The van der Waals surface area contributed by atoms with Crippen LogP contribution in [0.4, 0.5) is 0 Å². The fraction of sp³-hybridized carbons (Fsp3) is 0.0385.